The Balaban J connectivity index is 1.75. The number of rotatable bonds is 7. The predicted molar refractivity (Wildman–Crippen MR) is 95.1 cm³/mol. The van der Waals surface area contributed by atoms with Gasteiger partial charge in [0.2, 0.25) is 0 Å². The third-order valence-corrected chi connectivity index (χ3v) is 4.02. The van der Waals surface area contributed by atoms with E-state index in [0.29, 0.717) is 22.9 Å². The first kappa shape index (κ1) is 20.2. The van der Waals surface area contributed by atoms with Gasteiger partial charge in [-0.1, -0.05) is 11.6 Å². The normalized spacial score (nSPS) is 12.9. The zero-order valence-corrected chi connectivity index (χ0v) is 15.6. The van der Waals surface area contributed by atoms with Crippen molar-refractivity contribution in [3.63, 3.8) is 0 Å². The lowest BCUT2D eigenvalue weighted by Gasteiger charge is -2.21. The number of esters is 1. The maximum atomic E-state index is 12.5. The quantitative estimate of drug-likeness (QED) is 0.619. The fourth-order valence-electron chi connectivity index (χ4n) is 2.69. The van der Waals surface area contributed by atoms with Crippen LogP contribution in [-0.2, 0) is 22.7 Å². The average Bonchev–Trinajstić information content (AvgIpc) is 2.67. The summed E-state index contributed by atoms with van der Waals surface area (Å²) >= 11 is 6.09. The van der Waals surface area contributed by atoms with Crippen LogP contribution in [0.5, 0.6) is 17.2 Å². The lowest BCUT2D eigenvalue weighted by molar-refractivity contribution is -0.0514. The number of carbonyl (C=O) groups is 1. The molecule has 0 aliphatic carbocycles. The number of benzene rings is 2. The highest BCUT2D eigenvalue weighted by molar-refractivity contribution is 6.30. The first-order valence-electron chi connectivity index (χ1n) is 8.38. The van der Waals surface area contributed by atoms with Crippen molar-refractivity contribution in [3.8, 4) is 17.2 Å². The molecule has 9 heteroatoms. The molecular weight excluding hydrogens is 398 g/mol. The van der Waals surface area contributed by atoms with Gasteiger partial charge < -0.3 is 23.7 Å². The maximum Gasteiger partial charge on any atom is 0.387 e. The minimum atomic E-state index is -3.00. The summed E-state index contributed by atoms with van der Waals surface area (Å²) in [4.78, 5) is 12.4. The second-order valence-electron chi connectivity index (χ2n) is 5.71. The lowest BCUT2D eigenvalue weighted by Crippen LogP contribution is -2.14. The van der Waals surface area contributed by atoms with Gasteiger partial charge in [-0.25, -0.2) is 4.79 Å². The maximum absolute atomic E-state index is 12.5. The van der Waals surface area contributed by atoms with Gasteiger partial charge in [-0.05, 0) is 37.3 Å². The van der Waals surface area contributed by atoms with E-state index in [1.807, 2.05) is 0 Å². The second kappa shape index (κ2) is 9.07. The Labute approximate surface area is 164 Å². The van der Waals surface area contributed by atoms with Gasteiger partial charge in [-0.3, -0.25) is 0 Å². The van der Waals surface area contributed by atoms with Gasteiger partial charge in [0, 0.05) is 16.1 Å². The van der Waals surface area contributed by atoms with E-state index in [9.17, 15) is 13.6 Å². The lowest BCUT2D eigenvalue weighted by atomic mass is 10.1. The number of carbonyl (C=O) groups excluding carboxylic acids is 1. The van der Waals surface area contributed by atoms with Crippen molar-refractivity contribution in [1.82, 2.24) is 0 Å². The number of hydrogen-bond donors (Lipinski definition) is 0. The molecule has 2 aromatic carbocycles. The summed E-state index contributed by atoms with van der Waals surface area (Å²) in [6.45, 7) is -0.745. The van der Waals surface area contributed by atoms with Crippen LogP contribution in [0.4, 0.5) is 8.78 Å². The number of alkyl halides is 2. The van der Waals surface area contributed by atoms with Crippen molar-refractivity contribution in [2.75, 3.05) is 13.4 Å². The van der Waals surface area contributed by atoms with Gasteiger partial charge in [-0.15, -0.1) is 0 Å². The Morgan fingerprint density at radius 3 is 2.82 bits per heavy atom. The van der Waals surface area contributed by atoms with Gasteiger partial charge in [0.25, 0.3) is 0 Å². The topological polar surface area (TPSA) is 63.2 Å². The minimum absolute atomic E-state index is 0.0258. The monoisotopic (exact) mass is 414 g/mol. The SMILES string of the molecule is CCOc1cc(C(=O)OCc2cc(Cl)cc3c2OCOC3)ccc1OC(F)F. The fraction of sp³-hybridized carbons (Fsp3) is 0.316. The van der Waals surface area contributed by atoms with Crippen molar-refractivity contribution < 1.29 is 37.3 Å². The Kier molecular flexibility index (Phi) is 6.53. The van der Waals surface area contributed by atoms with Crippen molar-refractivity contribution in [1.29, 1.82) is 0 Å². The molecule has 0 saturated carbocycles. The van der Waals surface area contributed by atoms with Crippen molar-refractivity contribution >= 4 is 17.6 Å². The molecule has 0 bridgehead atoms. The molecule has 0 fully saturated rings. The van der Waals surface area contributed by atoms with E-state index >= 15 is 0 Å². The number of hydrogen-bond acceptors (Lipinski definition) is 6. The van der Waals surface area contributed by atoms with Gasteiger partial charge in [0.15, 0.2) is 18.3 Å². The van der Waals surface area contributed by atoms with Crippen LogP contribution in [0, 0.1) is 0 Å². The highest BCUT2D eigenvalue weighted by atomic mass is 35.5. The molecule has 0 saturated heterocycles. The van der Waals surface area contributed by atoms with Crippen LogP contribution < -0.4 is 14.2 Å². The molecular formula is C19H17ClF2O6. The Hall–Kier alpha value is -2.58. The highest BCUT2D eigenvalue weighted by Crippen LogP contribution is 2.33. The van der Waals surface area contributed by atoms with Gasteiger partial charge in [-0.2, -0.15) is 8.78 Å². The zero-order chi connectivity index (χ0) is 20.1. The van der Waals surface area contributed by atoms with E-state index in [0.717, 1.165) is 5.56 Å². The van der Waals surface area contributed by atoms with Crippen LogP contribution >= 0.6 is 11.6 Å². The molecule has 0 aromatic heterocycles. The summed E-state index contributed by atoms with van der Waals surface area (Å²) < 4.78 is 50.6. The van der Waals surface area contributed by atoms with Crippen LogP contribution in [0.15, 0.2) is 30.3 Å². The molecule has 0 spiro atoms. The molecule has 28 heavy (non-hydrogen) atoms. The highest BCUT2D eigenvalue weighted by Gasteiger charge is 2.19. The van der Waals surface area contributed by atoms with E-state index in [1.165, 1.54) is 18.2 Å². The van der Waals surface area contributed by atoms with Crippen LogP contribution in [0.25, 0.3) is 0 Å². The largest absolute Gasteiger partial charge is 0.490 e. The second-order valence-corrected chi connectivity index (χ2v) is 6.15. The summed E-state index contributed by atoms with van der Waals surface area (Å²) in [6, 6.07) is 7.21. The molecule has 0 amide bonds. The zero-order valence-electron chi connectivity index (χ0n) is 14.9. The van der Waals surface area contributed by atoms with Crippen molar-refractivity contribution in [2.24, 2.45) is 0 Å². The molecule has 1 heterocycles. The van der Waals surface area contributed by atoms with E-state index in [4.69, 9.17) is 30.5 Å². The molecule has 0 radical (unpaired) electrons. The first-order valence-corrected chi connectivity index (χ1v) is 8.76. The van der Waals surface area contributed by atoms with E-state index in [2.05, 4.69) is 4.74 Å². The average molecular weight is 415 g/mol. The summed E-state index contributed by atoms with van der Waals surface area (Å²) in [5.41, 5.74) is 1.49. The fourth-order valence-corrected chi connectivity index (χ4v) is 2.95. The van der Waals surface area contributed by atoms with Crippen molar-refractivity contribution in [3.05, 3.63) is 52.0 Å². The summed E-state index contributed by atoms with van der Waals surface area (Å²) in [5, 5.41) is 0.464. The number of ether oxygens (including phenoxy) is 5. The van der Waals surface area contributed by atoms with E-state index in [-0.39, 0.29) is 37.1 Å². The summed E-state index contributed by atoms with van der Waals surface area (Å²) in [5.74, 6) is -0.229. The molecule has 6 nitrogen and oxygen atoms in total. The predicted octanol–water partition coefficient (Wildman–Crippen LogP) is 4.56. The number of halogens is 3. The molecule has 0 atom stereocenters. The smallest absolute Gasteiger partial charge is 0.387 e. The van der Waals surface area contributed by atoms with Gasteiger partial charge in [0.05, 0.1) is 18.8 Å². The third-order valence-electron chi connectivity index (χ3n) is 3.81. The van der Waals surface area contributed by atoms with Gasteiger partial charge >= 0.3 is 12.6 Å². The summed E-state index contributed by atoms with van der Waals surface area (Å²) in [6.07, 6.45) is 0. The number of fused-ring (bicyclic) bond motifs is 1. The first-order chi connectivity index (χ1) is 13.5. The molecule has 2 aromatic rings. The van der Waals surface area contributed by atoms with Crippen LogP contribution in [0.1, 0.15) is 28.4 Å². The van der Waals surface area contributed by atoms with E-state index in [1.54, 1.807) is 19.1 Å². The molecule has 0 unspecified atom stereocenters. The minimum Gasteiger partial charge on any atom is -0.490 e. The summed E-state index contributed by atoms with van der Waals surface area (Å²) in [7, 11) is 0. The molecule has 150 valence electrons. The Morgan fingerprint density at radius 2 is 2.07 bits per heavy atom. The van der Waals surface area contributed by atoms with Gasteiger partial charge in [0.1, 0.15) is 12.4 Å². The molecule has 1 aliphatic rings. The van der Waals surface area contributed by atoms with E-state index < -0.39 is 12.6 Å². The third kappa shape index (κ3) is 4.82. The molecule has 0 N–H and O–H groups in total. The van der Waals surface area contributed by atoms with Crippen molar-refractivity contribution in [2.45, 2.75) is 26.7 Å². The van der Waals surface area contributed by atoms with Crippen LogP contribution in [0.2, 0.25) is 5.02 Å². The Bertz CT molecular complexity index is 859. The van der Waals surface area contributed by atoms with Crippen LogP contribution in [-0.4, -0.2) is 26.0 Å². The standard InChI is InChI=1S/C19H17ClF2O6/c1-2-25-16-7-11(3-4-15(16)28-19(21)22)18(23)26-9-13-6-14(20)5-12-8-24-10-27-17(12)13/h3-7,19H,2,8-10H2,1H3. The molecule has 3 rings (SSSR count). The Morgan fingerprint density at radius 1 is 1.25 bits per heavy atom. The molecule has 1 aliphatic heterocycles. The van der Waals surface area contributed by atoms with Crippen LogP contribution in [0.3, 0.4) is 0 Å².